The molecule has 128 valence electrons. The van der Waals surface area contributed by atoms with E-state index in [-0.39, 0.29) is 18.2 Å². The van der Waals surface area contributed by atoms with Crippen LogP contribution < -0.4 is 10.6 Å². The fourth-order valence-corrected chi connectivity index (χ4v) is 2.98. The van der Waals surface area contributed by atoms with Crippen LogP contribution in [0, 0.1) is 0 Å². The van der Waals surface area contributed by atoms with Crippen molar-refractivity contribution in [2.45, 2.75) is 39.0 Å². The summed E-state index contributed by atoms with van der Waals surface area (Å²) in [5, 5.41) is 7.46. The van der Waals surface area contributed by atoms with Gasteiger partial charge in [-0.1, -0.05) is 38.0 Å². The molecule has 0 radical (unpaired) electrons. The van der Waals surface area contributed by atoms with Crippen LogP contribution in [0.5, 0.6) is 0 Å². The van der Waals surface area contributed by atoms with Crippen molar-refractivity contribution in [2.75, 3.05) is 11.9 Å². The smallest absolute Gasteiger partial charge is 0.261 e. The van der Waals surface area contributed by atoms with Crippen molar-refractivity contribution in [3.8, 4) is 0 Å². The third-order valence-corrected chi connectivity index (χ3v) is 4.56. The monoisotopic (exact) mass is 344 g/mol. The minimum Gasteiger partial charge on any atom is -0.351 e. The van der Waals surface area contributed by atoms with Gasteiger partial charge in [-0.05, 0) is 42.0 Å². The highest BCUT2D eigenvalue weighted by Crippen LogP contribution is 2.12. The van der Waals surface area contributed by atoms with Crippen LogP contribution in [-0.2, 0) is 11.2 Å². The van der Waals surface area contributed by atoms with Crippen LogP contribution in [0.25, 0.3) is 0 Å². The number of hydrogen-bond donors (Lipinski definition) is 2. The lowest BCUT2D eigenvalue weighted by Crippen LogP contribution is -2.27. The summed E-state index contributed by atoms with van der Waals surface area (Å²) < 4.78 is 0. The van der Waals surface area contributed by atoms with Gasteiger partial charge in [-0.3, -0.25) is 9.59 Å². The summed E-state index contributed by atoms with van der Waals surface area (Å²) in [6.07, 6.45) is 5.01. The largest absolute Gasteiger partial charge is 0.351 e. The lowest BCUT2D eigenvalue weighted by Gasteiger charge is -2.07. The van der Waals surface area contributed by atoms with Gasteiger partial charge in [0.15, 0.2) is 0 Å². The Hall–Kier alpha value is -2.14. The SMILES string of the molecule is CCCCCc1ccc(NC(=O)CCNC(=O)c2cccs2)cc1. The van der Waals surface area contributed by atoms with Crippen molar-refractivity contribution in [3.63, 3.8) is 0 Å². The number of anilines is 1. The second-order valence-corrected chi connectivity index (χ2v) is 6.63. The van der Waals surface area contributed by atoms with Crippen LogP contribution in [0.2, 0.25) is 0 Å². The molecule has 0 aliphatic rings. The highest BCUT2D eigenvalue weighted by Gasteiger charge is 2.07. The molecule has 2 N–H and O–H groups in total. The third-order valence-electron chi connectivity index (χ3n) is 3.69. The fourth-order valence-electron chi connectivity index (χ4n) is 2.34. The van der Waals surface area contributed by atoms with E-state index < -0.39 is 0 Å². The summed E-state index contributed by atoms with van der Waals surface area (Å²) in [5.41, 5.74) is 2.09. The molecular weight excluding hydrogens is 320 g/mol. The Morgan fingerprint density at radius 3 is 2.54 bits per heavy atom. The zero-order valence-corrected chi connectivity index (χ0v) is 14.8. The zero-order valence-electron chi connectivity index (χ0n) is 14.0. The molecule has 1 aromatic carbocycles. The molecule has 0 bridgehead atoms. The molecule has 24 heavy (non-hydrogen) atoms. The van der Waals surface area contributed by atoms with E-state index in [1.807, 2.05) is 23.6 Å². The molecule has 1 heterocycles. The lowest BCUT2D eigenvalue weighted by molar-refractivity contribution is -0.116. The van der Waals surface area contributed by atoms with E-state index in [2.05, 4.69) is 29.7 Å². The average molecular weight is 344 g/mol. The first kappa shape index (κ1) is 18.2. The summed E-state index contributed by atoms with van der Waals surface area (Å²) in [6, 6.07) is 11.6. The van der Waals surface area contributed by atoms with Crippen LogP contribution in [0.3, 0.4) is 0 Å². The van der Waals surface area contributed by atoms with Crippen molar-refractivity contribution in [2.24, 2.45) is 0 Å². The maximum atomic E-state index is 11.9. The molecule has 0 spiro atoms. The molecule has 0 aliphatic heterocycles. The molecule has 2 amide bonds. The minimum absolute atomic E-state index is 0.0970. The number of aryl methyl sites for hydroxylation is 1. The normalized spacial score (nSPS) is 10.4. The molecular formula is C19H24N2O2S. The molecule has 2 rings (SSSR count). The van der Waals surface area contributed by atoms with Gasteiger partial charge >= 0.3 is 0 Å². The van der Waals surface area contributed by atoms with Crippen LogP contribution >= 0.6 is 11.3 Å². The number of hydrogen-bond acceptors (Lipinski definition) is 3. The van der Waals surface area contributed by atoms with Crippen LogP contribution in [0.15, 0.2) is 41.8 Å². The van der Waals surface area contributed by atoms with E-state index in [1.54, 1.807) is 6.07 Å². The molecule has 0 aliphatic carbocycles. The first-order valence-corrected chi connectivity index (χ1v) is 9.27. The van der Waals surface area contributed by atoms with Crippen molar-refractivity contribution >= 4 is 28.8 Å². The predicted molar refractivity (Wildman–Crippen MR) is 99.6 cm³/mol. The molecule has 4 nitrogen and oxygen atoms in total. The average Bonchev–Trinajstić information content (AvgIpc) is 3.11. The first-order valence-electron chi connectivity index (χ1n) is 8.39. The lowest BCUT2D eigenvalue weighted by atomic mass is 10.1. The molecule has 0 unspecified atom stereocenters. The Bertz CT molecular complexity index is 636. The zero-order chi connectivity index (χ0) is 17.2. The van der Waals surface area contributed by atoms with E-state index in [1.165, 1.54) is 36.2 Å². The highest BCUT2D eigenvalue weighted by atomic mass is 32.1. The van der Waals surface area contributed by atoms with Gasteiger partial charge in [0.1, 0.15) is 0 Å². The first-order chi connectivity index (χ1) is 11.7. The van der Waals surface area contributed by atoms with Crippen molar-refractivity contribution < 1.29 is 9.59 Å². The van der Waals surface area contributed by atoms with Gasteiger partial charge in [-0.2, -0.15) is 0 Å². The fraction of sp³-hybridized carbons (Fsp3) is 0.368. The van der Waals surface area contributed by atoms with Gasteiger partial charge in [-0.25, -0.2) is 0 Å². The summed E-state index contributed by atoms with van der Waals surface area (Å²) in [6.45, 7) is 2.53. The second kappa shape index (κ2) is 9.88. The molecule has 5 heteroatoms. The van der Waals surface area contributed by atoms with E-state index in [0.29, 0.717) is 11.4 Å². The quantitative estimate of drug-likeness (QED) is 0.669. The van der Waals surface area contributed by atoms with Gasteiger partial charge in [0, 0.05) is 18.7 Å². The number of carbonyl (C=O) groups excluding carboxylic acids is 2. The summed E-state index contributed by atoms with van der Waals surface area (Å²) in [4.78, 5) is 24.3. The van der Waals surface area contributed by atoms with E-state index in [0.717, 1.165) is 12.1 Å². The highest BCUT2D eigenvalue weighted by molar-refractivity contribution is 7.12. The summed E-state index contributed by atoms with van der Waals surface area (Å²) >= 11 is 1.39. The van der Waals surface area contributed by atoms with Gasteiger partial charge < -0.3 is 10.6 Å². The summed E-state index contributed by atoms with van der Waals surface area (Å²) in [5.74, 6) is -0.227. The van der Waals surface area contributed by atoms with Crippen molar-refractivity contribution in [1.82, 2.24) is 5.32 Å². The Balaban J connectivity index is 1.69. The minimum atomic E-state index is -0.130. The number of thiophene rings is 1. The number of carbonyl (C=O) groups is 2. The number of unbranched alkanes of at least 4 members (excludes halogenated alkanes) is 2. The maximum Gasteiger partial charge on any atom is 0.261 e. The van der Waals surface area contributed by atoms with Crippen molar-refractivity contribution in [3.05, 3.63) is 52.2 Å². The summed E-state index contributed by atoms with van der Waals surface area (Å²) in [7, 11) is 0. The van der Waals surface area contributed by atoms with Crippen molar-refractivity contribution in [1.29, 1.82) is 0 Å². The van der Waals surface area contributed by atoms with Gasteiger partial charge in [0.2, 0.25) is 5.91 Å². The number of nitrogens with one attached hydrogen (secondary N) is 2. The number of benzene rings is 1. The third kappa shape index (κ3) is 6.16. The molecule has 0 fully saturated rings. The molecule has 0 saturated carbocycles. The Morgan fingerprint density at radius 1 is 1.08 bits per heavy atom. The van der Waals surface area contributed by atoms with Gasteiger partial charge in [-0.15, -0.1) is 11.3 Å². The Morgan fingerprint density at radius 2 is 1.88 bits per heavy atom. The second-order valence-electron chi connectivity index (χ2n) is 5.69. The van der Waals surface area contributed by atoms with E-state index in [9.17, 15) is 9.59 Å². The standard InChI is InChI=1S/C19H24N2O2S/c1-2-3-4-6-15-8-10-16(11-9-15)21-18(22)12-13-20-19(23)17-7-5-14-24-17/h5,7-11,14H,2-4,6,12-13H2,1H3,(H,20,23)(H,21,22). The predicted octanol–water partition coefficient (Wildman–Crippen LogP) is 4.24. The maximum absolute atomic E-state index is 11.9. The Labute approximate surface area is 147 Å². The molecule has 0 saturated heterocycles. The van der Waals surface area contributed by atoms with Crippen LogP contribution in [-0.4, -0.2) is 18.4 Å². The van der Waals surface area contributed by atoms with Gasteiger partial charge in [0.05, 0.1) is 4.88 Å². The van der Waals surface area contributed by atoms with E-state index >= 15 is 0 Å². The Kier molecular flexibility index (Phi) is 7.49. The van der Waals surface area contributed by atoms with Crippen LogP contribution in [0.4, 0.5) is 5.69 Å². The topological polar surface area (TPSA) is 58.2 Å². The van der Waals surface area contributed by atoms with Crippen LogP contribution in [0.1, 0.15) is 47.8 Å². The molecule has 1 aromatic heterocycles. The molecule has 0 atom stereocenters. The number of amides is 2. The van der Waals surface area contributed by atoms with E-state index in [4.69, 9.17) is 0 Å². The molecule has 2 aromatic rings. The number of rotatable bonds is 9. The van der Waals surface area contributed by atoms with Gasteiger partial charge in [0.25, 0.3) is 5.91 Å².